The van der Waals surface area contributed by atoms with E-state index in [1.54, 1.807) is 25.3 Å². The maximum atomic E-state index is 11.9. The van der Waals surface area contributed by atoms with Gasteiger partial charge in [0, 0.05) is 24.2 Å². The van der Waals surface area contributed by atoms with Crippen LogP contribution >= 0.6 is 23.2 Å². The Morgan fingerprint density at radius 1 is 1.50 bits per heavy atom. The highest BCUT2D eigenvalue weighted by atomic mass is 35.5. The number of methoxy groups -OCH3 is 1. The average Bonchev–Trinajstić information content (AvgIpc) is 2.29. The van der Waals surface area contributed by atoms with Gasteiger partial charge >= 0.3 is 0 Å². The average molecular weight is 290 g/mol. The Morgan fingerprint density at radius 2 is 2.22 bits per heavy atom. The molecule has 0 heterocycles. The summed E-state index contributed by atoms with van der Waals surface area (Å²) in [5.74, 6) is -0.106. The summed E-state index contributed by atoms with van der Waals surface area (Å²) in [6.07, 6.45) is 0.674. The zero-order valence-electron chi connectivity index (χ0n) is 10.5. The number of aryl methyl sites for hydroxylation is 1. The molecule has 100 valence electrons. The van der Waals surface area contributed by atoms with Gasteiger partial charge in [0.25, 0.3) is 5.91 Å². The van der Waals surface area contributed by atoms with Crippen LogP contribution in [0, 0.1) is 6.92 Å². The van der Waals surface area contributed by atoms with Crippen molar-refractivity contribution in [2.75, 3.05) is 20.3 Å². The maximum absolute atomic E-state index is 11.9. The molecule has 1 N–H and O–H groups in total. The fraction of sp³-hybridized carbons (Fsp3) is 0.462. The Kier molecular flexibility index (Phi) is 6.47. The van der Waals surface area contributed by atoms with Crippen LogP contribution in [-0.4, -0.2) is 31.5 Å². The molecule has 1 atom stereocenters. The molecule has 1 aromatic carbocycles. The van der Waals surface area contributed by atoms with Gasteiger partial charge in [0.15, 0.2) is 0 Å². The predicted molar refractivity (Wildman–Crippen MR) is 74.7 cm³/mol. The molecule has 0 radical (unpaired) electrons. The highest BCUT2D eigenvalue weighted by Crippen LogP contribution is 2.15. The van der Waals surface area contributed by atoms with Crippen LogP contribution in [0.25, 0.3) is 0 Å². The number of nitrogens with one attached hydrogen (secondary N) is 1. The van der Waals surface area contributed by atoms with Crippen LogP contribution in [0.2, 0.25) is 5.02 Å². The Labute approximate surface area is 117 Å². The van der Waals surface area contributed by atoms with Crippen molar-refractivity contribution in [2.24, 2.45) is 0 Å². The van der Waals surface area contributed by atoms with Gasteiger partial charge in [-0.1, -0.05) is 11.6 Å². The van der Waals surface area contributed by atoms with Crippen LogP contribution in [-0.2, 0) is 4.74 Å². The van der Waals surface area contributed by atoms with Crippen LogP contribution in [0.15, 0.2) is 18.2 Å². The summed E-state index contributed by atoms with van der Waals surface area (Å²) in [5, 5.41) is 3.37. The Balaban J connectivity index is 2.45. The summed E-state index contributed by atoms with van der Waals surface area (Å²) in [5.41, 5.74) is 1.50. The molecule has 0 saturated carbocycles. The lowest BCUT2D eigenvalue weighted by Crippen LogP contribution is -2.27. The smallest absolute Gasteiger partial charge is 0.251 e. The van der Waals surface area contributed by atoms with E-state index < -0.39 is 0 Å². The van der Waals surface area contributed by atoms with E-state index in [9.17, 15) is 4.79 Å². The lowest BCUT2D eigenvalue weighted by Gasteiger charge is -2.10. The molecule has 1 unspecified atom stereocenters. The number of carbonyl (C=O) groups is 1. The molecule has 0 aliphatic rings. The first-order chi connectivity index (χ1) is 8.54. The van der Waals surface area contributed by atoms with E-state index in [-0.39, 0.29) is 11.3 Å². The van der Waals surface area contributed by atoms with Crippen molar-refractivity contribution < 1.29 is 9.53 Å². The van der Waals surface area contributed by atoms with Gasteiger partial charge in [-0.2, -0.15) is 0 Å². The molecule has 1 rings (SSSR count). The normalized spacial score (nSPS) is 12.2. The lowest BCUT2D eigenvalue weighted by molar-refractivity contribution is 0.0951. The largest absolute Gasteiger partial charge is 0.383 e. The standard InChI is InChI=1S/C13H17Cl2NO2/c1-9-7-10(14)3-4-12(9)13(17)16-6-5-11(15)8-18-2/h3-4,7,11H,5-6,8H2,1-2H3,(H,16,17). The monoisotopic (exact) mass is 289 g/mol. The van der Waals surface area contributed by atoms with Crippen molar-refractivity contribution in [1.29, 1.82) is 0 Å². The first-order valence-electron chi connectivity index (χ1n) is 5.72. The van der Waals surface area contributed by atoms with E-state index in [4.69, 9.17) is 27.9 Å². The second-order valence-electron chi connectivity index (χ2n) is 4.06. The van der Waals surface area contributed by atoms with Gasteiger partial charge < -0.3 is 10.1 Å². The van der Waals surface area contributed by atoms with E-state index in [1.807, 2.05) is 6.92 Å². The minimum Gasteiger partial charge on any atom is -0.383 e. The number of amides is 1. The molecular formula is C13H17Cl2NO2. The van der Waals surface area contributed by atoms with Gasteiger partial charge in [-0.25, -0.2) is 0 Å². The van der Waals surface area contributed by atoms with Crippen molar-refractivity contribution in [3.8, 4) is 0 Å². The minimum absolute atomic E-state index is 0.0818. The molecule has 0 fully saturated rings. The molecule has 1 aromatic rings. The molecule has 0 aliphatic carbocycles. The summed E-state index contributed by atoms with van der Waals surface area (Å²) in [7, 11) is 1.60. The van der Waals surface area contributed by atoms with Crippen LogP contribution in [0.5, 0.6) is 0 Å². The zero-order valence-corrected chi connectivity index (χ0v) is 12.0. The summed E-state index contributed by atoms with van der Waals surface area (Å²) in [6.45, 7) is 2.87. The molecular weight excluding hydrogens is 273 g/mol. The fourth-order valence-corrected chi connectivity index (χ4v) is 2.05. The topological polar surface area (TPSA) is 38.3 Å². The van der Waals surface area contributed by atoms with Crippen molar-refractivity contribution in [3.63, 3.8) is 0 Å². The van der Waals surface area contributed by atoms with Gasteiger partial charge in [-0.3, -0.25) is 4.79 Å². The van der Waals surface area contributed by atoms with Crippen LogP contribution < -0.4 is 5.32 Å². The number of halogens is 2. The predicted octanol–water partition coefficient (Wildman–Crippen LogP) is 3.02. The van der Waals surface area contributed by atoms with Crippen molar-refractivity contribution in [2.45, 2.75) is 18.7 Å². The van der Waals surface area contributed by atoms with E-state index in [0.717, 1.165) is 5.56 Å². The van der Waals surface area contributed by atoms with Gasteiger partial charge in [0.1, 0.15) is 0 Å². The molecule has 0 aliphatic heterocycles. The lowest BCUT2D eigenvalue weighted by atomic mass is 10.1. The van der Waals surface area contributed by atoms with E-state index in [1.165, 1.54) is 0 Å². The molecule has 18 heavy (non-hydrogen) atoms. The highest BCUT2D eigenvalue weighted by molar-refractivity contribution is 6.30. The van der Waals surface area contributed by atoms with Crippen molar-refractivity contribution in [1.82, 2.24) is 5.32 Å². The number of hydrogen-bond acceptors (Lipinski definition) is 2. The Morgan fingerprint density at radius 3 is 2.83 bits per heavy atom. The second kappa shape index (κ2) is 7.62. The maximum Gasteiger partial charge on any atom is 0.251 e. The summed E-state index contributed by atoms with van der Waals surface area (Å²) >= 11 is 11.8. The Hall–Kier alpha value is -0.770. The molecule has 0 saturated heterocycles. The third-order valence-corrected chi connectivity index (χ3v) is 3.10. The summed E-state index contributed by atoms with van der Waals surface area (Å²) in [6, 6.07) is 5.20. The summed E-state index contributed by atoms with van der Waals surface area (Å²) in [4.78, 5) is 11.9. The first kappa shape index (κ1) is 15.3. The third-order valence-electron chi connectivity index (χ3n) is 2.52. The van der Waals surface area contributed by atoms with E-state index in [0.29, 0.717) is 30.2 Å². The molecule has 3 nitrogen and oxygen atoms in total. The van der Waals surface area contributed by atoms with Gasteiger partial charge in [-0.05, 0) is 37.1 Å². The first-order valence-corrected chi connectivity index (χ1v) is 6.53. The quantitative estimate of drug-likeness (QED) is 0.818. The van der Waals surface area contributed by atoms with Gasteiger partial charge in [-0.15, -0.1) is 11.6 Å². The molecule has 0 bridgehead atoms. The van der Waals surface area contributed by atoms with Crippen molar-refractivity contribution in [3.05, 3.63) is 34.3 Å². The SMILES string of the molecule is COCC(Cl)CCNC(=O)c1ccc(Cl)cc1C. The molecule has 0 spiro atoms. The fourth-order valence-electron chi connectivity index (χ4n) is 1.58. The van der Waals surface area contributed by atoms with E-state index >= 15 is 0 Å². The van der Waals surface area contributed by atoms with E-state index in [2.05, 4.69) is 5.32 Å². The van der Waals surface area contributed by atoms with Crippen LogP contribution in [0.1, 0.15) is 22.3 Å². The third kappa shape index (κ3) is 4.84. The number of ether oxygens (including phenoxy) is 1. The van der Waals surface area contributed by atoms with Crippen LogP contribution in [0.4, 0.5) is 0 Å². The number of hydrogen-bond donors (Lipinski definition) is 1. The number of carbonyl (C=O) groups excluding carboxylic acids is 1. The Bertz CT molecular complexity index is 410. The van der Waals surface area contributed by atoms with Gasteiger partial charge in [0.2, 0.25) is 0 Å². The van der Waals surface area contributed by atoms with Crippen LogP contribution in [0.3, 0.4) is 0 Å². The molecule has 0 aromatic heterocycles. The van der Waals surface area contributed by atoms with Gasteiger partial charge in [0.05, 0.1) is 12.0 Å². The number of rotatable bonds is 6. The molecule has 5 heteroatoms. The van der Waals surface area contributed by atoms with Crippen molar-refractivity contribution >= 4 is 29.1 Å². The number of benzene rings is 1. The highest BCUT2D eigenvalue weighted by Gasteiger charge is 2.10. The number of alkyl halides is 1. The summed E-state index contributed by atoms with van der Waals surface area (Å²) < 4.78 is 4.92. The zero-order chi connectivity index (χ0) is 13.5. The molecule has 1 amide bonds. The minimum atomic E-state index is -0.106. The second-order valence-corrected chi connectivity index (χ2v) is 5.11.